The Morgan fingerprint density at radius 1 is 1.28 bits per heavy atom. The van der Waals surface area contributed by atoms with Crippen LogP contribution in [0.25, 0.3) is 0 Å². The van der Waals surface area contributed by atoms with Gasteiger partial charge in [0.2, 0.25) is 10.0 Å². The van der Waals surface area contributed by atoms with Gasteiger partial charge in [-0.15, -0.1) is 0 Å². The lowest BCUT2D eigenvalue weighted by Gasteiger charge is -2.25. The smallest absolute Gasteiger partial charge is 0.214 e. The van der Waals surface area contributed by atoms with E-state index < -0.39 is 10.0 Å². The predicted octanol–water partition coefficient (Wildman–Crippen LogP) is 1.68. The molecule has 1 aliphatic rings. The summed E-state index contributed by atoms with van der Waals surface area (Å²) in [5.74, 6) is 1.29. The first-order valence-electron chi connectivity index (χ1n) is 7.14. The summed E-state index contributed by atoms with van der Waals surface area (Å²) in [5, 5.41) is 3.31. The molecule has 0 aromatic rings. The summed E-state index contributed by atoms with van der Waals surface area (Å²) >= 11 is 0. The zero-order chi connectivity index (χ0) is 13.6. The minimum Gasteiger partial charge on any atom is -0.317 e. The molecule has 0 aromatic carbocycles. The molecule has 1 aliphatic heterocycles. The van der Waals surface area contributed by atoms with Crippen molar-refractivity contribution in [1.82, 2.24) is 9.62 Å². The van der Waals surface area contributed by atoms with Crippen LogP contribution in [0.2, 0.25) is 0 Å². The number of nitrogens with zero attached hydrogens (tertiary/aromatic N) is 1. The topological polar surface area (TPSA) is 49.4 Å². The van der Waals surface area contributed by atoms with Gasteiger partial charge in [-0.3, -0.25) is 0 Å². The standard InChI is InChI=1S/C13H28N2O2S/c1-4-15(11-12(2)3)18(16,17)10-7-13-5-8-14-9-6-13/h12-14H,4-11H2,1-3H3. The van der Waals surface area contributed by atoms with Gasteiger partial charge in [0.25, 0.3) is 0 Å². The highest BCUT2D eigenvalue weighted by atomic mass is 32.2. The highest BCUT2D eigenvalue weighted by Gasteiger charge is 2.23. The number of hydrogen-bond donors (Lipinski definition) is 1. The van der Waals surface area contributed by atoms with Gasteiger partial charge in [-0.05, 0) is 44.2 Å². The molecule has 18 heavy (non-hydrogen) atoms. The summed E-state index contributed by atoms with van der Waals surface area (Å²) in [6.45, 7) is 9.35. The average Bonchev–Trinajstić information content (AvgIpc) is 2.34. The van der Waals surface area contributed by atoms with Gasteiger partial charge in [0.05, 0.1) is 5.75 Å². The third-order valence-corrected chi connectivity index (χ3v) is 5.50. The van der Waals surface area contributed by atoms with E-state index in [0.29, 0.717) is 30.7 Å². The molecule has 5 heteroatoms. The number of hydrogen-bond acceptors (Lipinski definition) is 3. The molecule has 0 atom stereocenters. The first kappa shape index (κ1) is 15.9. The van der Waals surface area contributed by atoms with Crippen molar-refractivity contribution in [1.29, 1.82) is 0 Å². The Bertz CT molecular complexity index is 322. The summed E-state index contributed by atoms with van der Waals surface area (Å²) in [7, 11) is -3.05. The molecule has 1 fully saturated rings. The third kappa shape index (κ3) is 5.24. The van der Waals surface area contributed by atoms with E-state index in [1.807, 2.05) is 6.92 Å². The molecule has 1 saturated heterocycles. The molecule has 108 valence electrons. The van der Waals surface area contributed by atoms with E-state index in [0.717, 1.165) is 32.4 Å². The van der Waals surface area contributed by atoms with Crippen LogP contribution in [-0.4, -0.2) is 44.7 Å². The number of rotatable bonds is 7. The molecule has 1 N–H and O–H groups in total. The van der Waals surface area contributed by atoms with Crippen LogP contribution in [0.1, 0.15) is 40.0 Å². The van der Waals surface area contributed by atoms with Crippen molar-refractivity contribution >= 4 is 10.0 Å². The van der Waals surface area contributed by atoms with Gasteiger partial charge in [0.15, 0.2) is 0 Å². The predicted molar refractivity (Wildman–Crippen MR) is 76.1 cm³/mol. The minimum atomic E-state index is -3.05. The van der Waals surface area contributed by atoms with Crippen LogP contribution in [0.4, 0.5) is 0 Å². The van der Waals surface area contributed by atoms with Gasteiger partial charge in [-0.2, -0.15) is 0 Å². The highest BCUT2D eigenvalue weighted by molar-refractivity contribution is 7.89. The first-order chi connectivity index (χ1) is 8.45. The molecular formula is C13H28N2O2S. The lowest BCUT2D eigenvalue weighted by molar-refractivity contribution is 0.353. The number of sulfonamides is 1. The fourth-order valence-corrected chi connectivity index (χ4v) is 4.27. The lowest BCUT2D eigenvalue weighted by Crippen LogP contribution is -2.37. The molecule has 0 spiro atoms. The van der Waals surface area contributed by atoms with Crippen molar-refractivity contribution in [2.75, 3.05) is 31.9 Å². The van der Waals surface area contributed by atoms with E-state index in [9.17, 15) is 8.42 Å². The van der Waals surface area contributed by atoms with E-state index in [4.69, 9.17) is 0 Å². The monoisotopic (exact) mass is 276 g/mol. The molecule has 1 heterocycles. The van der Waals surface area contributed by atoms with Crippen molar-refractivity contribution < 1.29 is 8.42 Å². The Balaban J connectivity index is 2.46. The quantitative estimate of drug-likeness (QED) is 0.770. The molecule has 0 aromatic heterocycles. The van der Waals surface area contributed by atoms with Crippen molar-refractivity contribution in [3.8, 4) is 0 Å². The van der Waals surface area contributed by atoms with E-state index in [1.165, 1.54) is 0 Å². The summed E-state index contributed by atoms with van der Waals surface area (Å²) in [6.07, 6.45) is 3.05. The second kappa shape index (κ2) is 7.46. The van der Waals surface area contributed by atoms with Crippen LogP contribution in [0.3, 0.4) is 0 Å². The van der Waals surface area contributed by atoms with Crippen LogP contribution >= 0.6 is 0 Å². The van der Waals surface area contributed by atoms with Crippen LogP contribution in [0.15, 0.2) is 0 Å². The van der Waals surface area contributed by atoms with Gasteiger partial charge in [0, 0.05) is 13.1 Å². The maximum atomic E-state index is 12.3. The second-order valence-electron chi connectivity index (χ2n) is 5.64. The SMILES string of the molecule is CCN(CC(C)C)S(=O)(=O)CCC1CCNCC1. The Labute approximate surface area is 112 Å². The summed E-state index contributed by atoms with van der Waals surface area (Å²) < 4.78 is 26.1. The molecule has 0 unspecified atom stereocenters. The molecule has 0 aliphatic carbocycles. The van der Waals surface area contributed by atoms with Gasteiger partial charge in [-0.25, -0.2) is 12.7 Å². The Kier molecular flexibility index (Phi) is 6.60. The summed E-state index contributed by atoms with van der Waals surface area (Å²) in [6, 6.07) is 0. The maximum absolute atomic E-state index is 12.3. The molecule has 0 amide bonds. The normalized spacial score (nSPS) is 18.7. The van der Waals surface area contributed by atoms with Gasteiger partial charge in [-0.1, -0.05) is 20.8 Å². The van der Waals surface area contributed by atoms with Crippen molar-refractivity contribution in [2.45, 2.75) is 40.0 Å². The van der Waals surface area contributed by atoms with Crippen molar-refractivity contribution in [3.63, 3.8) is 0 Å². The van der Waals surface area contributed by atoms with Gasteiger partial charge >= 0.3 is 0 Å². The van der Waals surface area contributed by atoms with Crippen LogP contribution in [0.5, 0.6) is 0 Å². The molecule has 0 radical (unpaired) electrons. The maximum Gasteiger partial charge on any atom is 0.214 e. The third-order valence-electron chi connectivity index (χ3n) is 3.56. The Morgan fingerprint density at radius 2 is 1.89 bits per heavy atom. The lowest BCUT2D eigenvalue weighted by atomic mass is 9.96. The molecule has 0 saturated carbocycles. The second-order valence-corrected chi connectivity index (χ2v) is 7.73. The fraction of sp³-hybridized carbons (Fsp3) is 1.00. The Hall–Kier alpha value is -0.130. The molecule has 0 bridgehead atoms. The zero-order valence-electron chi connectivity index (χ0n) is 12.0. The van der Waals surface area contributed by atoms with Crippen LogP contribution in [0, 0.1) is 11.8 Å². The molecular weight excluding hydrogens is 248 g/mol. The molecule has 4 nitrogen and oxygen atoms in total. The van der Waals surface area contributed by atoms with E-state index in [-0.39, 0.29) is 0 Å². The largest absolute Gasteiger partial charge is 0.317 e. The molecule has 1 rings (SSSR count). The van der Waals surface area contributed by atoms with Crippen molar-refractivity contribution in [2.24, 2.45) is 11.8 Å². The number of nitrogens with one attached hydrogen (secondary N) is 1. The van der Waals surface area contributed by atoms with E-state index in [2.05, 4.69) is 19.2 Å². The first-order valence-corrected chi connectivity index (χ1v) is 8.75. The summed E-state index contributed by atoms with van der Waals surface area (Å²) in [5.41, 5.74) is 0. The van der Waals surface area contributed by atoms with E-state index in [1.54, 1.807) is 4.31 Å². The van der Waals surface area contributed by atoms with Crippen LogP contribution < -0.4 is 5.32 Å². The summed E-state index contributed by atoms with van der Waals surface area (Å²) in [4.78, 5) is 0. The Morgan fingerprint density at radius 3 is 2.39 bits per heavy atom. The minimum absolute atomic E-state index is 0.318. The van der Waals surface area contributed by atoms with E-state index >= 15 is 0 Å². The van der Waals surface area contributed by atoms with Crippen LogP contribution in [-0.2, 0) is 10.0 Å². The van der Waals surface area contributed by atoms with Gasteiger partial charge in [0.1, 0.15) is 0 Å². The van der Waals surface area contributed by atoms with Crippen molar-refractivity contribution in [3.05, 3.63) is 0 Å². The zero-order valence-corrected chi connectivity index (χ0v) is 12.8. The number of piperidine rings is 1. The average molecular weight is 276 g/mol. The fourth-order valence-electron chi connectivity index (χ4n) is 2.46. The highest BCUT2D eigenvalue weighted by Crippen LogP contribution is 2.18. The van der Waals surface area contributed by atoms with Gasteiger partial charge < -0.3 is 5.32 Å².